The quantitative estimate of drug-likeness (QED) is 0.842. The molecule has 0 unspecified atom stereocenters. The Labute approximate surface area is 120 Å². The first-order chi connectivity index (χ1) is 9.11. The number of rotatable bonds is 6. The Morgan fingerprint density at radius 2 is 2.16 bits per heavy atom. The van der Waals surface area contributed by atoms with E-state index in [0.29, 0.717) is 5.92 Å². The molecule has 106 valence electrons. The summed E-state index contributed by atoms with van der Waals surface area (Å²) >= 11 is 6.36. The second-order valence-corrected chi connectivity index (χ2v) is 5.81. The fraction of sp³-hybridized carbons (Fsp3) is 0.600. The van der Waals surface area contributed by atoms with Gasteiger partial charge >= 0.3 is 0 Å². The van der Waals surface area contributed by atoms with Gasteiger partial charge < -0.3 is 15.3 Å². The Kier molecular flexibility index (Phi) is 5.08. The number of nitrogens with one attached hydrogen (secondary N) is 1. The minimum Gasteiger partial charge on any atom is -0.393 e. The highest BCUT2D eigenvalue weighted by Gasteiger charge is 2.28. The van der Waals surface area contributed by atoms with Gasteiger partial charge in [0.2, 0.25) is 0 Å². The highest BCUT2D eigenvalue weighted by atomic mass is 35.5. The molecule has 1 aliphatic rings. The molecule has 0 bridgehead atoms. The maximum atomic E-state index is 9.37. The summed E-state index contributed by atoms with van der Waals surface area (Å²) in [5.41, 5.74) is 2.35. The lowest BCUT2D eigenvalue weighted by Gasteiger charge is -2.36. The second-order valence-electron chi connectivity index (χ2n) is 5.40. The number of halogens is 1. The number of aliphatic hydroxyl groups is 1. The number of aliphatic hydroxyl groups excluding tert-OH is 1. The maximum absolute atomic E-state index is 9.37. The van der Waals surface area contributed by atoms with Crippen LogP contribution >= 0.6 is 11.6 Å². The Hall–Kier alpha value is -0.770. The van der Waals surface area contributed by atoms with Crippen molar-refractivity contribution in [3.05, 3.63) is 28.8 Å². The minimum atomic E-state index is -0.0918. The van der Waals surface area contributed by atoms with Gasteiger partial charge in [-0.25, -0.2) is 0 Å². The lowest BCUT2D eigenvalue weighted by Crippen LogP contribution is -2.37. The van der Waals surface area contributed by atoms with Gasteiger partial charge in [-0.3, -0.25) is 0 Å². The predicted molar refractivity (Wildman–Crippen MR) is 80.8 cm³/mol. The molecule has 3 nitrogen and oxygen atoms in total. The number of para-hydroxylation sites is 1. The molecular formula is C15H23ClN2O. The third-order valence-electron chi connectivity index (χ3n) is 3.76. The molecule has 0 radical (unpaired) electrons. The first-order valence-corrected chi connectivity index (χ1v) is 7.37. The number of hydrogen-bond donors (Lipinski definition) is 2. The molecule has 1 aromatic carbocycles. The van der Waals surface area contributed by atoms with Crippen molar-refractivity contribution in [2.75, 3.05) is 25.0 Å². The largest absolute Gasteiger partial charge is 0.393 e. The molecule has 1 aromatic rings. The summed E-state index contributed by atoms with van der Waals surface area (Å²) in [6.07, 6.45) is 1.74. The van der Waals surface area contributed by atoms with Crippen LogP contribution in [0.5, 0.6) is 0 Å². The Bertz CT molecular complexity index is 419. The molecule has 0 heterocycles. The van der Waals surface area contributed by atoms with Crippen LogP contribution in [0, 0.1) is 5.92 Å². The van der Waals surface area contributed by atoms with Gasteiger partial charge in [-0.2, -0.15) is 0 Å². The zero-order valence-electron chi connectivity index (χ0n) is 11.7. The van der Waals surface area contributed by atoms with E-state index in [4.69, 9.17) is 11.6 Å². The van der Waals surface area contributed by atoms with Crippen LogP contribution in [0.15, 0.2) is 18.2 Å². The topological polar surface area (TPSA) is 35.5 Å². The van der Waals surface area contributed by atoms with E-state index >= 15 is 0 Å². The van der Waals surface area contributed by atoms with Crippen molar-refractivity contribution >= 4 is 17.3 Å². The highest BCUT2D eigenvalue weighted by molar-refractivity contribution is 6.33. The van der Waals surface area contributed by atoms with Gasteiger partial charge in [0.25, 0.3) is 0 Å². The van der Waals surface area contributed by atoms with Gasteiger partial charge in [0.15, 0.2) is 0 Å². The lowest BCUT2D eigenvalue weighted by atomic mass is 9.82. The number of benzene rings is 1. The highest BCUT2D eigenvalue weighted by Crippen LogP contribution is 2.33. The summed E-state index contributed by atoms with van der Waals surface area (Å²) in [5.74, 6) is 0.586. The Morgan fingerprint density at radius 1 is 1.42 bits per heavy atom. The third-order valence-corrected chi connectivity index (χ3v) is 4.07. The molecule has 1 saturated carbocycles. The van der Waals surface area contributed by atoms with Crippen LogP contribution in [0.3, 0.4) is 0 Å². The Morgan fingerprint density at radius 3 is 2.79 bits per heavy atom. The molecule has 2 N–H and O–H groups in total. The zero-order valence-corrected chi connectivity index (χ0v) is 12.5. The normalized spacial score (nSPS) is 22.1. The van der Waals surface area contributed by atoms with E-state index in [2.05, 4.69) is 30.3 Å². The molecule has 0 amide bonds. The zero-order chi connectivity index (χ0) is 13.8. The molecule has 0 aliphatic heterocycles. The van der Waals surface area contributed by atoms with Crippen molar-refractivity contribution < 1.29 is 5.11 Å². The van der Waals surface area contributed by atoms with Crippen LogP contribution in [-0.2, 0) is 6.54 Å². The standard InChI is InChI=1S/C15H23ClN2O/c1-3-17-9-12-5-4-6-14(16)15(12)18(2)10-11-7-13(19)8-11/h4-6,11,13,17,19H,3,7-10H2,1-2H3. The molecule has 19 heavy (non-hydrogen) atoms. The number of anilines is 1. The summed E-state index contributed by atoms with van der Waals surface area (Å²) in [6.45, 7) is 4.85. The molecule has 0 atom stereocenters. The molecule has 0 saturated heterocycles. The van der Waals surface area contributed by atoms with Gasteiger partial charge in [-0.1, -0.05) is 30.7 Å². The van der Waals surface area contributed by atoms with Crippen LogP contribution in [0.4, 0.5) is 5.69 Å². The number of nitrogens with zero attached hydrogens (tertiary/aromatic N) is 1. The van der Waals surface area contributed by atoms with Gasteiger partial charge in [-0.05, 0) is 36.9 Å². The smallest absolute Gasteiger partial charge is 0.0642 e. The monoisotopic (exact) mass is 282 g/mol. The maximum Gasteiger partial charge on any atom is 0.0642 e. The average Bonchev–Trinajstić information content (AvgIpc) is 2.34. The van der Waals surface area contributed by atoms with Gasteiger partial charge in [0, 0.05) is 20.1 Å². The third kappa shape index (κ3) is 3.62. The van der Waals surface area contributed by atoms with Crippen LogP contribution in [0.25, 0.3) is 0 Å². The summed E-state index contributed by atoms with van der Waals surface area (Å²) in [6, 6.07) is 6.06. The lowest BCUT2D eigenvalue weighted by molar-refractivity contribution is 0.0465. The molecule has 0 spiro atoms. The van der Waals surface area contributed by atoms with Crippen LogP contribution < -0.4 is 10.2 Å². The first kappa shape index (κ1) is 14.6. The van der Waals surface area contributed by atoms with Gasteiger partial charge in [0.05, 0.1) is 16.8 Å². The average molecular weight is 283 g/mol. The molecule has 1 aliphatic carbocycles. The van der Waals surface area contributed by atoms with E-state index in [0.717, 1.165) is 43.2 Å². The molecule has 2 rings (SSSR count). The summed E-state index contributed by atoms with van der Waals surface area (Å²) in [4.78, 5) is 2.23. The SMILES string of the molecule is CCNCc1cccc(Cl)c1N(C)CC1CC(O)C1. The van der Waals surface area contributed by atoms with Gasteiger partial charge in [0.1, 0.15) is 0 Å². The van der Waals surface area contributed by atoms with Crippen molar-refractivity contribution in [1.82, 2.24) is 5.32 Å². The fourth-order valence-electron chi connectivity index (χ4n) is 2.72. The van der Waals surface area contributed by atoms with Crippen molar-refractivity contribution in [3.63, 3.8) is 0 Å². The molecular weight excluding hydrogens is 260 g/mol. The Balaban J connectivity index is 2.07. The molecule has 1 fully saturated rings. The first-order valence-electron chi connectivity index (χ1n) is 6.99. The summed E-state index contributed by atoms with van der Waals surface area (Å²) in [7, 11) is 2.08. The van der Waals surface area contributed by atoms with E-state index in [1.54, 1.807) is 0 Å². The van der Waals surface area contributed by atoms with E-state index in [1.165, 1.54) is 5.56 Å². The summed E-state index contributed by atoms with van der Waals surface area (Å²) < 4.78 is 0. The van der Waals surface area contributed by atoms with Crippen molar-refractivity contribution in [3.8, 4) is 0 Å². The predicted octanol–water partition coefficient (Wildman–Crippen LogP) is 2.66. The van der Waals surface area contributed by atoms with Crippen molar-refractivity contribution in [1.29, 1.82) is 0 Å². The van der Waals surface area contributed by atoms with Crippen molar-refractivity contribution in [2.24, 2.45) is 5.92 Å². The van der Waals surface area contributed by atoms with Gasteiger partial charge in [-0.15, -0.1) is 0 Å². The van der Waals surface area contributed by atoms with Crippen LogP contribution in [-0.4, -0.2) is 31.3 Å². The van der Waals surface area contributed by atoms with Crippen LogP contribution in [0.2, 0.25) is 5.02 Å². The molecule has 0 aromatic heterocycles. The number of hydrogen-bond acceptors (Lipinski definition) is 3. The minimum absolute atomic E-state index is 0.0918. The van der Waals surface area contributed by atoms with E-state index in [-0.39, 0.29) is 6.10 Å². The molecule has 4 heteroatoms. The fourth-order valence-corrected chi connectivity index (χ4v) is 3.06. The second kappa shape index (κ2) is 6.60. The summed E-state index contributed by atoms with van der Waals surface area (Å²) in [5, 5.41) is 13.5. The van der Waals surface area contributed by atoms with Crippen LogP contribution in [0.1, 0.15) is 25.3 Å². The van der Waals surface area contributed by atoms with E-state index in [9.17, 15) is 5.11 Å². The van der Waals surface area contributed by atoms with E-state index in [1.807, 2.05) is 12.1 Å². The van der Waals surface area contributed by atoms with E-state index < -0.39 is 0 Å². The van der Waals surface area contributed by atoms with Crippen molar-refractivity contribution in [2.45, 2.75) is 32.4 Å².